The molecule has 0 bridgehead atoms. The Hall–Kier alpha value is -3.18. The molecule has 0 aliphatic rings. The van der Waals surface area contributed by atoms with Crippen molar-refractivity contribution < 1.29 is 33.1 Å². The van der Waals surface area contributed by atoms with Gasteiger partial charge in [0.2, 0.25) is 0 Å². The molecule has 0 aliphatic carbocycles. The summed E-state index contributed by atoms with van der Waals surface area (Å²) < 4.78 is 26.8. The van der Waals surface area contributed by atoms with E-state index in [1.165, 1.54) is 0 Å². The van der Waals surface area contributed by atoms with Crippen molar-refractivity contribution in [2.24, 2.45) is 0 Å². The third-order valence-electron chi connectivity index (χ3n) is 3.11. The van der Waals surface area contributed by atoms with Crippen molar-refractivity contribution in [1.82, 2.24) is 0 Å². The summed E-state index contributed by atoms with van der Waals surface area (Å²) in [6, 6.07) is 5.47. The molecule has 0 aromatic heterocycles. The van der Waals surface area contributed by atoms with Gasteiger partial charge in [-0.15, -0.1) is 0 Å². The summed E-state index contributed by atoms with van der Waals surface area (Å²) in [6.45, 7) is 4.00. The van der Waals surface area contributed by atoms with Gasteiger partial charge in [0.25, 0.3) is 15.7 Å². The molecular weight excluding hydrogens is 416 g/mol. The minimum Gasteiger partial charge on any atom is -0.478 e. The van der Waals surface area contributed by atoms with Gasteiger partial charge in [0.15, 0.2) is 0 Å². The maximum Gasteiger partial charge on any atom is 0.335 e. The molecule has 10 nitrogen and oxygen atoms in total. The minimum atomic E-state index is -4.42. The minimum absolute atomic E-state index is 0.209. The second-order valence-electron chi connectivity index (χ2n) is 4.89. The van der Waals surface area contributed by atoms with Gasteiger partial charge in [0.1, 0.15) is 5.02 Å². The number of nitro benzene ring substituents is 1. The van der Waals surface area contributed by atoms with Crippen LogP contribution in [0.3, 0.4) is 0 Å². The third-order valence-corrected chi connectivity index (χ3v) is 4.79. The fourth-order valence-corrected chi connectivity index (χ4v) is 3.24. The highest BCUT2D eigenvalue weighted by molar-refractivity contribution is 7.92. The lowest BCUT2D eigenvalue weighted by atomic mass is 10.1. The Labute approximate surface area is 164 Å². The van der Waals surface area contributed by atoms with Crippen LogP contribution in [-0.4, -0.2) is 35.5 Å². The van der Waals surface area contributed by atoms with Crippen LogP contribution < -0.4 is 4.72 Å². The molecule has 0 unspecified atom stereocenters. The average molecular weight is 431 g/mol. The highest BCUT2D eigenvalue weighted by Crippen LogP contribution is 2.29. The molecule has 0 fully saturated rings. The molecule has 2 aromatic carbocycles. The Bertz CT molecular complexity index is 1000. The summed E-state index contributed by atoms with van der Waals surface area (Å²) in [7, 11) is -4.42. The predicted molar refractivity (Wildman–Crippen MR) is 101 cm³/mol. The number of nitrogens with one attached hydrogen (secondary N) is 1. The normalized spacial score (nSPS) is 10.4. The van der Waals surface area contributed by atoms with E-state index in [-0.39, 0.29) is 10.7 Å². The van der Waals surface area contributed by atoms with Crippen LogP contribution in [0.25, 0.3) is 0 Å². The van der Waals surface area contributed by atoms with Gasteiger partial charge < -0.3 is 10.2 Å². The van der Waals surface area contributed by atoms with Crippen LogP contribution in [-0.2, 0) is 10.0 Å². The number of nitro groups is 1. The Balaban J connectivity index is 0.00000190. The number of hydrogen-bond donors (Lipinski definition) is 3. The molecule has 0 heterocycles. The van der Waals surface area contributed by atoms with Gasteiger partial charge in [-0.05, 0) is 30.3 Å². The number of carboxylic acids is 2. The molecule has 0 radical (unpaired) electrons. The largest absolute Gasteiger partial charge is 0.478 e. The van der Waals surface area contributed by atoms with E-state index < -0.39 is 48.6 Å². The van der Waals surface area contributed by atoms with E-state index in [1.54, 1.807) is 0 Å². The van der Waals surface area contributed by atoms with Crippen molar-refractivity contribution in [3.05, 3.63) is 62.7 Å². The second-order valence-corrected chi connectivity index (χ2v) is 6.97. The first-order valence-corrected chi connectivity index (χ1v) is 9.46. The second kappa shape index (κ2) is 9.15. The first-order chi connectivity index (χ1) is 13.0. The zero-order valence-electron chi connectivity index (χ0n) is 14.5. The van der Waals surface area contributed by atoms with Crippen LogP contribution >= 0.6 is 11.6 Å². The summed E-state index contributed by atoms with van der Waals surface area (Å²) in [5.41, 5.74) is -1.85. The molecule has 0 atom stereocenters. The summed E-state index contributed by atoms with van der Waals surface area (Å²) in [5.74, 6) is -3.04. The van der Waals surface area contributed by atoms with E-state index >= 15 is 0 Å². The number of halogens is 1. The lowest BCUT2D eigenvalue weighted by molar-refractivity contribution is -0.384. The molecule has 0 saturated heterocycles. The Kier molecular flexibility index (Phi) is 7.47. The van der Waals surface area contributed by atoms with Gasteiger partial charge in [-0.1, -0.05) is 25.4 Å². The molecule has 12 heteroatoms. The van der Waals surface area contributed by atoms with Crippen LogP contribution in [0.15, 0.2) is 41.3 Å². The third kappa shape index (κ3) is 5.41. The van der Waals surface area contributed by atoms with E-state index in [1.807, 2.05) is 18.6 Å². The number of benzene rings is 2. The lowest BCUT2D eigenvalue weighted by Gasteiger charge is -2.10. The summed E-state index contributed by atoms with van der Waals surface area (Å²) in [6.07, 6.45) is 0. The SMILES string of the molecule is CC.O=C(O)c1cc(C(=O)O)cc(S(=O)(=O)Nc2ccc(Cl)c([N+](=O)[O-])c2)c1. The van der Waals surface area contributed by atoms with Gasteiger partial charge in [-0.25, -0.2) is 18.0 Å². The smallest absolute Gasteiger partial charge is 0.335 e. The van der Waals surface area contributed by atoms with Crippen LogP contribution in [0, 0.1) is 10.1 Å². The zero-order chi connectivity index (χ0) is 21.6. The number of nitrogens with zero attached hydrogens (tertiary/aromatic N) is 1. The van der Waals surface area contributed by atoms with Crippen molar-refractivity contribution in [1.29, 1.82) is 0 Å². The fourth-order valence-electron chi connectivity index (χ4n) is 1.93. The summed E-state index contributed by atoms with van der Waals surface area (Å²) in [5, 5.41) is 28.7. The van der Waals surface area contributed by atoms with E-state index in [4.69, 9.17) is 21.8 Å². The molecule has 2 rings (SSSR count). The van der Waals surface area contributed by atoms with Crippen LogP contribution in [0.5, 0.6) is 0 Å². The molecule has 28 heavy (non-hydrogen) atoms. The van der Waals surface area contributed by atoms with Crippen molar-refractivity contribution in [2.75, 3.05) is 4.72 Å². The molecule has 0 saturated carbocycles. The van der Waals surface area contributed by atoms with Crippen molar-refractivity contribution in [2.45, 2.75) is 18.7 Å². The standard InChI is InChI=1S/C14H9ClN2O8S.C2H6/c15-11-2-1-9(6-12(11)17(22)23)16-26(24,25)10-4-7(13(18)19)3-8(5-10)14(20)21;1-2/h1-6,16H,(H,18,19)(H,20,21);1-2H3. The number of carboxylic acid groups (broad SMARTS) is 2. The molecule has 0 aliphatic heterocycles. The van der Waals surface area contributed by atoms with E-state index in [0.29, 0.717) is 0 Å². The lowest BCUT2D eigenvalue weighted by Crippen LogP contribution is -2.15. The zero-order valence-corrected chi connectivity index (χ0v) is 16.1. The fraction of sp³-hybridized carbons (Fsp3) is 0.125. The van der Waals surface area contributed by atoms with Crippen LogP contribution in [0.4, 0.5) is 11.4 Å². The molecular formula is C16H15ClN2O8S. The average Bonchev–Trinajstić information content (AvgIpc) is 2.64. The first-order valence-electron chi connectivity index (χ1n) is 7.59. The van der Waals surface area contributed by atoms with Crippen molar-refractivity contribution >= 4 is 44.9 Å². The first kappa shape index (κ1) is 22.9. The number of anilines is 1. The van der Waals surface area contributed by atoms with Crippen LogP contribution in [0.1, 0.15) is 34.6 Å². The Morgan fingerprint density at radius 2 is 1.54 bits per heavy atom. The van der Waals surface area contributed by atoms with Gasteiger partial charge in [-0.2, -0.15) is 0 Å². The molecule has 0 amide bonds. The van der Waals surface area contributed by atoms with Gasteiger partial charge in [0.05, 0.1) is 26.6 Å². The predicted octanol–water partition coefficient (Wildman–Crippen LogP) is 3.47. The van der Waals surface area contributed by atoms with E-state index in [0.717, 1.165) is 36.4 Å². The molecule has 0 spiro atoms. The number of sulfonamides is 1. The summed E-state index contributed by atoms with van der Waals surface area (Å²) in [4.78, 5) is 31.6. The van der Waals surface area contributed by atoms with Gasteiger partial charge in [-0.3, -0.25) is 14.8 Å². The van der Waals surface area contributed by atoms with Crippen LogP contribution in [0.2, 0.25) is 5.02 Å². The Morgan fingerprint density at radius 1 is 1.04 bits per heavy atom. The molecule has 2 aromatic rings. The monoisotopic (exact) mass is 430 g/mol. The Morgan fingerprint density at radius 3 is 1.96 bits per heavy atom. The molecule has 150 valence electrons. The van der Waals surface area contributed by atoms with Gasteiger partial charge in [0, 0.05) is 6.07 Å². The van der Waals surface area contributed by atoms with Crippen molar-refractivity contribution in [3.63, 3.8) is 0 Å². The van der Waals surface area contributed by atoms with Gasteiger partial charge >= 0.3 is 11.9 Å². The quantitative estimate of drug-likeness (QED) is 0.463. The number of aromatic carboxylic acids is 2. The summed E-state index contributed by atoms with van der Waals surface area (Å²) >= 11 is 5.64. The number of carbonyl (C=O) groups is 2. The number of hydrogen-bond acceptors (Lipinski definition) is 6. The van der Waals surface area contributed by atoms with E-state index in [2.05, 4.69) is 0 Å². The topological polar surface area (TPSA) is 164 Å². The molecule has 3 N–H and O–H groups in total. The maximum absolute atomic E-state index is 12.4. The highest BCUT2D eigenvalue weighted by Gasteiger charge is 2.22. The highest BCUT2D eigenvalue weighted by atomic mass is 35.5. The number of rotatable bonds is 6. The van der Waals surface area contributed by atoms with E-state index in [9.17, 15) is 28.1 Å². The van der Waals surface area contributed by atoms with Crippen molar-refractivity contribution in [3.8, 4) is 0 Å². The maximum atomic E-state index is 12.4.